The van der Waals surface area contributed by atoms with E-state index < -0.39 is 15.9 Å². The maximum atomic E-state index is 12.5. The van der Waals surface area contributed by atoms with Gasteiger partial charge in [-0.3, -0.25) is 9.10 Å². The van der Waals surface area contributed by atoms with Gasteiger partial charge in [-0.2, -0.15) is 0 Å². The number of anilines is 2. The quantitative estimate of drug-likeness (QED) is 0.822. The van der Waals surface area contributed by atoms with Gasteiger partial charge in [0.05, 0.1) is 19.1 Å². The van der Waals surface area contributed by atoms with E-state index in [2.05, 4.69) is 5.32 Å². The molecule has 0 saturated carbocycles. The number of aryl methyl sites for hydroxylation is 1. The van der Waals surface area contributed by atoms with Crippen LogP contribution >= 0.6 is 0 Å². The van der Waals surface area contributed by atoms with Crippen LogP contribution in [0, 0.1) is 0 Å². The van der Waals surface area contributed by atoms with E-state index in [1.165, 1.54) is 7.11 Å². The molecule has 0 radical (unpaired) electrons. The van der Waals surface area contributed by atoms with E-state index in [-0.39, 0.29) is 6.54 Å². The largest absolute Gasteiger partial charge is 0.495 e. The van der Waals surface area contributed by atoms with E-state index in [1.807, 2.05) is 25.1 Å². The van der Waals surface area contributed by atoms with Crippen LogP contribution in [-0.4, -0.2) is 34.2 Å². The molecule has 0 saturated heterocycles. The molecular formula is C18H22N2O4S. The van der Waals surface area contributed by atoms with Crippen LogP contribution in [0.25, 0.3) is 0 Å². The molecule has 2 aromatic rings. The molecule has 0 heterocycles. The van der Waals surface area contributed by atoms with Gasteiger partial charge in [-0.05, 0) is 30.2 Å². The number of rotatable bonds is 7. The van der Waals surface area contributed by atoms with E-state index in [0.29, 0.717) is 17.1 Å². The summed E-state index contributed by atoms with van der Waals surface area (Å²) in [5.41, 5.74) is 1.99. The Morgan fingerprint density at radius 1 is 1.12 bits per heavy atom. The number of carbonyl (C=O) groups excluding carboxylic acids is 1. The minimum Gasteiger partial charge on any atom is -0.495 e. The molecule has 2 aromatic carbocycles. The predicted molar refractivity (Wildman–Crippen MR) is 99.6 cm³/mol. The molecule has 2 rings (SSSR count). The smallest absolute Gasteiger partial charge is 0.245 e. The van der Waals surface area contributed by atoms with Gasteiger partial charge < -0.3 is 10.1 Å². The van der Waals surface area contributed by atoms with Crippen molar-refractivity contribution in [3.05, 3.63) is 54.1 Å². The third kappa shape index (κ3) is 4.73. The number of nitrogens with zero attached hydrogens (tertiary/aromatic N) is 1. The first kappa shape index (κ1) is 18.8. The van der Waals surface area contributed by atoms with Crippen molar-refractivity contribution in [2.45, 2.75) is 13.3 Å². The number of hydrogen-bond acceptors (Lipinski definition) is 4. The highest BCUT2D eigenvalue weighted by atomic mass is 32.2. The van der Waals surface area contributed by atoms with Crippen LogP contribution in [0.2, 0.25) is 0 Å². The molecule has 0 aliphatic heterocycles. The molecule has 0 spiro atoms. The maximum absolute atomic E-state index is 12.5. The summed E-state index contributed by atoms with van der Waals surface area (Å²) in [6, 6.07) is 14.1. The lowest BCUT2D eigenvalue weighted by Crippen LogP contribution is -2.37. The molecule has 0 atom stereocenters. The van der Waals surface area contributed by atoms with Gasteiger partial charge in [0.15, 0.2) is 0 Å². The first-order valence-corrected chi connectivity index (χ1v) is 9.70. The van der Waals surface area contributed by atoms with Gasteiger partial charge in [0.1, 0.15) is 12.3 Å². The maximum Gasteiger partial charge on any atom is 0.245 e. The summed E-state index contributed by atoms with van der Waals surface area (Å²) in [7, 11) is -2.21. The fraction of sp³-hybridized carbons (Fsp3) is 0.278. The van der Waals surface area contributed by atoms with Crippen molar-refractivity contribution < 1.29 is 17.9 Å². The molecule has 6 nitrogen and oxygen atoms in total. The number of benzene rings is 2. The lowest BCUT2D eigenvalue weighted by Gasteiger charge is -2.23. The summed E-state index contributed by atoms with van der Waals surface area (Å²) in [5, 5.41) is 2.79. The monoisotopic (exact) mass is 362 g/mol. The Balaban J connectivity index is 2.28. The summed E-state index contributed by atoms with van der Waals surface area (Å²) in [4.78, 5) is 12.5. The molecule has 0 fully saturated rings. The van der Waals surface area contributed by atoms with Crippen LogP contribution in [0.4, 0.5) is 11.4 Å². The number of sulfonamides is 1. The zero-order valence-electron chi connectivity index (χ0n) is 14.5. The molecule has 0 aliphatic carbocycles. The summed E-state index contributed by atoms with van der Waals surface area (Å²) in [6.45, 7) is 1.65. The fourth-order valence-electron chi connectivity index (χ4n) is 2.49. The molecule has 0 unspecified atom stereocenters. The van der Waals surface area contributed by atoms with Crippen molar-refractivity contribution in [1.82, 2.24) is 0 Å². The molecule has 134 valence electrons. The standard InChI is InChI=1S/C18H22N2O4S/c1-4-14-9-5-6-10-15(14)19-18(21)13-20(25(3,22)23)16-11-7-8-12-17(16)24-2/h5-12H,4,13H2,1-3H3,(H,19,21). The first-order chi connectivity index (χ1) is 11.9. The third-order valence-corrected chi connectivity index (χ3v) is 4.84. The number of nitrogens with one attached hydrogen (secondary N) is 1. The minimum atomic E-state index is -3.66. The van der Waals surface area contributed by atoms with Gasteiger partial charge in [0.25, 0.3) is 0 Å². The molecule has 0 bridgehead atoms. The number of carbonyl (C=O) groups is 1. The van der Waals surface area contributed by atoms with Crippen molar-refractivity contribution >= 4 is 27.3 Å². The first-order valence-electron chi connectivity index (χ1n) is 7.85. The Morgan fingerprint density at radius 2 is 1.76 bits per heavy atom. The van der Waals surface area contributed by atoms with E-state index >= 15 is 0 Å². The Hall–Kier alpha value is -2.54. The average Bonchev–Trinajstić information content (AvgIpc) is 2.59. The summed E-state index contributed by atoms with van der Waals surface area (Å²) in [6.07, 6.45) is 1.82. The van der Waals surface area contributed by atoms with Crippen molar-refractivity contribution in [2.75, 3.05) is 29.5 Å². The van der Waals surface area contributed by atoms with Crippen LogP contribution in [0.1, 0.15) is 12.5 Å². The lowest BCUT2D eigenvalue weighted by atomic mass is 10.1. The summed E-state index contributed by atoms with van der Waals surface area (Å²) >= 11 is 0. The van der Waals surface area contributed by atoms with Gasteiger partial charge in [0, 0.05) is 5.69 Å². The van der Waals surface area contributed by atoms with Gasteiger partial charge in [-0.15, -0.1) is 0 Å². The molecule has 0 aromatic heterocycles. The number of amides is 1. The highest BCUT2D eigenvalue weighted by Crippen LogP contribution is 2.29. The Kier molecular flexibility index (Phi) is 6.03. The van der Waals surface area contributed by atoms with Crippen LogP contribution in [0.3, 0.4) is 0 Å². The SMILES string of the molecule is CCc1ccccc1NC(=O)CN(c1ccccc1OC)S(C)(=O)=O. The van der Waals surface area contributed by atoms with E-state index in [1.54, 1.807) is 30.3 Å². The molecule has 7 heteroatoms. The average molecular weight is 362 g/mol. The van der Waals surface area contributed by atoms with Crippen LogP contribution < -0.4 is 14.4 Å². The van der Waals surface area contributed by atoms with Gasteiger partial charge >= 0.3 is 0 Å². The Labute approximate surface area is 148 Å². The Bertz CT molecular complexity index is 850. The fourth-order valence-corrected chi connectivity index (χ4v) is 3.35. The van der Waals surface area contributed by atoms with Crippen LogP contribution in [0.15, 0.2) is 48.5 Å². The predicted octanol–water partition coefficient (Wildman–Crippen LogP) is 2.66. The molecule has 1 N–H and O–H groups in total. The van der Waals surface area contributed by atoms with Crippen molar-refractivity contribution in [2.24, 2.45) is 0 Å². The van der Waals surface area contributed by atoms with Crippen molar-refractivity contribution in [1.29, 1.82) is 0 Å². The topological polar surface area (TPSA) is 75.7 Å². The Morgan fingerprint density at radius 3 is 2.40 bits per heavy atom. The second kappa shape index (κ2) is 8.02. The van der Waals surface area contributed by atoms with Crippen molar-refractivity contribution in [3.8, 4) is 5.75 Å². The highest BCUT2D eigenvalue weighted by molar-refractivity contribution is 7.92. The zero-order chi connectivity index (χ0) is 18.4. The number of para-hydroxylation sites is 3. The number of methoxy groups -OCH3 is 1. The third-order valence-electron chi connectivity index (χ3n) is 3.71. The number of ether oxygens (including phenoxy) is 1. The molecule has 0 aliphatic rings. The van der Waals surface area contributed by atoms with Gasteiger partial charge in [-0.25, -0.2) is 8.42 Å². The minimum absolute atomic E-state index is 0.325. The van der Waals surface area contributed by atoms with E-state index in [0.717, 1.165) is 22.5 Å². The zero-order valence-corrected chi connectivity index (χ0v) is 15.3. The van der Waals surface area contributed by atoms with Gasteiger partial charge in [-0.1, -0.05) is 37.3 Å². The van der Waals surface area contributed by atoms with Gasteiger partial charge in [0.2, 0.25) is 15.9 Å². The summed E-state index contributed by atoms with van der Waals surface area (Å²) in [5.74, 6) is -0.0353. The van der Waals surface area contributed by atoms with Crippen LogP contribution in [0.5, 0.6) is 5.75 Å². The number of hydrogen-bond donors (Lipinski definition) is 1. The second-order valence-electron chi connectivity index (χ2n) is 5.50. The second-order valence-corrected chi connectivity index (χ2v) is 7.41. The van der Waals surface area contributed by atoms with Crippen LogP contribution in [-0.2, 0) is 21.2 Å². The van der Waals surface area contributed by atoms with E-state index in [9.17, 15) is 13.2 Å². The molecule has 1 amide bonds. The van der Waals surface area contributed by atoms with E-state index in [4.69, 9.17) is 4.74 Å². The highest BCUT2D eigenvalue weighted by Gasteiger charge is 2.23. The summed E-state index contributed by atoms with van der Waals surface area (Å²) < 4.78 is 30.7. The normalized spacial score (nSPS) is 11.0. The molecule has 25 heavy (non-hydrogen) atoms. The lowest BCUT2D eigenvalue weighted by molar-refractivity contribution is -0.114. The molecular weight excluding hydrogens is 340 g/mol. The van der Waals surface area contributed by atoms with Crippen molar-refractivity contribution in [3.63, 3.8) is 0 Å².